The Morgan fingerprint density at radius 1 is 1.07 bits per heavy atom. The van der Waals surface area contributed by atoms with Crippen molar-refractivity contribution in [3.63, 3.8) is 0 Å². The number of hydrogen-bond acceptors (Lipinski definition) is 3. The smallest absolute Gasteiger partial charge is 0.345 e. The van der Waals surface area contributed by atoms with Gasteiger partial charge in [-0.15, -0.1) is 0 Å². The standard InChI is InChI=1S/C29H24Cl2F3N5S/c30-23-11-12-27(26(31)14-23)37-28(40)38(18-22-4-1-2-6-25(22)29(32,33)34)13-3-5-24-16-36-19-39(24)17-21-9-7-20(15-35)8-10-21/h1-2,4,6-12,14,16,19H,3,5,13,17-18H2,(H,37,40). The molecular formula is C29H24Cl2F3N5S. The van der Waals surface area contributed by atoms with Crippen molar-refractivity contribution in [2.24, 2.45) is 0 Å². The predicted molar refractivity (Wildman–Crippen MR) is 155 cm³/mol. The molecule has 0 radical (unpaired) electrons. The summed E-state index contributed by atoms with van der Waals surface area (Å²) < 4.78 is 43.2. The van der Waals surface area contributed by atoms with Crippen molar-refractivity contribution in [1.29, 1.82) is 5.26 Å². The molecule has 0 amide bonds. The van der Waals surface area contributed by atoms with Crippen molar-refractivity contribution in [3.8, 4) is 6.07 Å². The fourth-order valence-corrected chi connectivity index (χ4v) is 4.93. The summed E-state index contributed by atoms with van der Waals surface area (Å²) in [5.74, 6) is 0. The Morgan fingerprint density at radius 3 is 2.52 bits per heavy atom. The van der Waals surface area contributed by atoms with E-state index in [9.17, 15) is 13.2 Å². The molecular weight excluding hydrogens is 578 g/mol. The van der Waals surface area contributed by atoms with Crippen LogP contribution in [0, 0.1) is 11.3 Å². The fraction of sp³-hybridized carbons (Fsp3) is 0.207. The number of nitrogens with one attached hydrogen (secondary N) is 1. The molecule has 0 aliphatic carbocycles. The first-order chi connectivity index (χ1) is 19.1. The third kappa shape index (κ3) is 7.75. The van der Waals surface area contributed by atoms with Gasteiger partial charge in [-0.2, -0.15) is 18.4 Å². The highest BCUT2D eigenvalue weighted by atomic mass is 35.5. The van der Waals surface area contributed by atoms with Crippen molar-refractivity contribution in [2.45, 2.75) is 32.1 Å². The van der Waals surface area contributed by atoms with Crippen LogP contribution in [0.25, 0.3) is 0 Å². The molecule has 206 valence electrons. The number of aromatic nitrogens is 2. The lowest BCUT2D eigenvalue weighted by atomic mass is 10.1. The lowest BCUT2D eigenvalue weighted by Gasteiger charge is -2.27. The van der Waals surface area contributed by atoms with E-state index >= 15 is 0 Å². The minimum absolute atomic E-state index is 0.0444. The van der Waals surface area contributed by atoms with Gasteiger partial charge in [0.05, 0.1) is 34.2 Å². The van der Waals surface area contributed by atoms with Crippen LogP contribution in [0.5, 0.6) is 0 Å². The van der Waals surface area contributed by atoms with Crippen molar-refractivity contribution in [3.05, 3.63) is 117 Å². The topological polar surface area (TPSA) is 56.9 Å². The molecule has 0 saturated heterocycles. The third-order valence-electron chi connectivity index (χ3n) is 6.24. The van der Waals surface area contributed by atoms with Crippen LogP contribution in [-0.2, 0) is 25.7 Å². The molecule has 0 unspecified atom stereocenters. The summed E-state index contributed by atoms with van der Waals surface area (Å²) in [6, 6.07) is 19.8. The van der Waals surface area contributed by atoms with E-state index in [2.05, 4.69) is 16.4 Å². The quantitative estimate of drug-likeness (QED) is 0.197. The molecule has 0 saturated carbocycles. The van der Waals surface area contributed by atoms with E-state index in [1.54, 1.807) is 53.8 Å². The highest BCUT2D eigenvalue weighted by Gasteiger charge is 2.33. The van der Waals surface area contributed by atoms with Crippen molar-refractivity contribution in [1.82, 2.24) is 14.5 Å². The Labute approximate surface area is 245 Å². The Morgan fingerprint density at radius 2 is 1.82 bits per heavy atom. The maximum Gasteiger partial charge on any atom is 0.416 e. The lowest BCUT2D eigenvalue weighted by molar-refractivity contribution is -0.138. The van der Waals surface area contributed by atoms with Gasteiger partial charge in [0.1, 0.15) is 0 Å². The Kier molecular flexibility index (Phi) is 9.69. The van der Waals surface area contributed by atoms with Gasteiger partial charge < -0.3 is 14.8 Å². The van der Waals surface area contributed by atoms with Crippen LogP contribution in [-0.4, -0.2) is 26.1 Å². The van der Waals surface area contributed by atoms with Gasteiger partial charge in [0.15, 0.2) is 5.11 Å². The van der Waals surface area contributed by atoms with E-state index in [0.29, 0.717) is 47.2 Å². The van der Waals surface area contributed by atoms with Gasteiger partial charge in [0.25, 0.3) is 0 Å². The van der Waals surface area contributed by atoms with E-state index in [-0.39, 0.29) is 17.2 Å². The maximum absolute atomic E-state index is 13.7. The summed E-state index contributed by atoms with van der Waals surface area (Å²) in [5, 5.41) is 13.1. The molecule has 0 bridgehead atoms. The van der Waals surface area contributed by atoms with E-state index < -0.39 is 11.7 Å². The van der Waals surface area contributed by atoms with Crippen LogP contribution in [0.3, 0.4) is 0 Å². The van der Waals surface area contributed by atoms with Crippen LogP contribution < -0.4 is 5.32 Å². The first-order valence-electron chi connectivity index (χ1n) is 12.3. The van der Waals surface area contributed by atoms with E-state index in [0.717, 1.165) is 17.3 Å². The molecule has 1 N–H and O–H groups in total. The zero-order chi connectivity index (χ0) is 28.7. The second-order valence-corrected chi connectivity index (χ2v) is 10.3. The molecule has 4 rings (SSSR count). The number of benzene rings is 3. The lowest BCUT2D eigenvalue weighted by Crippen LogP contribution is -2.36. The van der Waals surface area contributed by atoms with Crippen molar-refractivity contribution < 1.29 is 13.2 Å². The molecule has 3 aromatic carbocycles. The van der Waals surface area contributed by atoms with Crippen LogP contribution in [0.2, 0.25) is 10.0 Å². The van der Waals surface area contributed by atoms with Crippen LogP contribution >= 0.6 is 35.4 Å². The number of nitrogens with zero attached hydrogens (tertiary/aromatic N) is 4. The van der Waals surface area contributed by atoms with Crippen molar-refractivity contribution >= 4 is 46.2 Å². The molecule has 0 atom stereocenters. The van der Waals surface area contributed by atoms with E-state index in [1.807, 2.05) is 16.7 Å². The van der Waals surface area contributed by atoms with Gasteiger partial charge in [-0.1, -0.05) is 53.5 Å². The summed E-state index contributed by atoms with van der Waals surface area (Å²) in [7, 11) is 0. The number of anilines is 1. The summed E-state index contributed by atoms with van der Waals surface area (Å²) >= 11 is 17.9. The minimum atomic E-state index is -4.49. The van der Waals surface area contributed by atoms with Gasteiger partial charge in [-0.25, -0.2) is 4.98 Å². The van der Waals surface area contributed by atoms with Crippen LogP contribution in [0.15, 0.2) is 79.3 Å². The van der Waals surface area contributed by atoms with Crippen molar-refractivity contribution in [2.75, 3.05) is 11.9 Å². The van der Waals surface area contributed by atoms with Gasteiger partial charge >= 0.3 is 6.18 Å². The molecule has 1 heterocycles. The Balaban J connectivity index is 1.49. The highest BCUT2D eigenvalue weighted by Crippen LogP contribution is 2.33. The number of thiocarbonyl (C=S) groups is 1. The number of nitriles is 1. The summed E-state index contributed by atoms with van der Waals surface area (Å²) in [4.78, 5) is 5.97. The molecule has 0 fully saturated rings. The number of imidazole rings is 1. The number of rotatable bonds is 9. The molecule has 40 heavy (non-hydrogen) atoms. The van der Waals surface area contributed by atoms with E-state index in [1.165, 1.54) is 12.1 Å². The molecule has 0 spiro atoms. The molecule has 11 heteroatoms. The monoisotopic (exact) mass is 601 g/mol. The summed E-state index contributed by atoms with van der Waals surface area (Å²) in [6.45, 7) is 0.918. The molecule has 4 aromatic rings. The Bertz CT molecular complexity index is 1510. The SMILES string of the molecule is N#Cc1ccc(Cn2cncc2CCCN(Cc2ccccc2C(F)(F)F)C(=S)Nc2ccc(Cl)cc2Cl)cc1. The molecule has 1 aromatic heterocycles. The maximum atomic E-state index is 13.7. The zero-order valence-electron chi connectivity index (χ0n) is 21.1. The number of aryl methyl sites for hydroxylation is 1. The van der Waals surface area contributed by atoms with Gasteiger partial charge in [-0.05, 0) is 72.6 Å². The average Bonchev–Trinajstić information content (AvgIpc) is 3.36. The van der Waals surface area contributed by atoms with E-state index in [4.69, 9.17) is 40.7 Å². The summed E-state index contributed by atoms with van der Waals surface area (Å²) in [5.41, 5.74) is 2.51. The minimum Gasteiger partial charge on any atom is -0.345 e. The summed E-state index contributed by atoms with van der Waals surface area (Å²) in [6.07, 6.45) is 0.243. The number of hydrogen-bond donors (Lipinski definition) is 1. The number of alkyl halides is 3. The molecule has 0 aliphatic heterocycles. The van der Waals surface area contributed by atoms with Crippen LogP contribution in [0.4, 0.5) is 18.9 Å². The molecule has 0 aliphatic rings. The molecule has 5 nitrogen and oxygen atoms in total. The largest absolute Gasteiger partial charge is 0.416 e. The normalized spacial score (nSPS) is 11.2. The van der Waals surface area contributed by atoms with Gasteiger partial charge in [-0.3, -0.25) is 0 Å². The van der Waals surface area contributed by atoms with Gasteiger partial charge in [0, 0.05) is 36.5 Å². The average molecular weight is 603 g/mol. The highest BCUT2D eigenvalue weighted by molar-refractivity contribution is 7.80. The van der Waals surface area contributed by atoms with Gasteiger partial charge in [0.2, 0.25) is 0 Å². The first kappa shape index (κ1) is 29.4. The third-order valence-corrected chi connectivity index (χ3v) is 7.15. The number of halogens is 5. The predicted octanol–water partition coefficient (Wildman–Crippen LogP) is 7.96. The fourth-order valence-electron chi connectivity index (χ4n) is 4.21. The van der Waals surface area contributed by atoms with Crippen LogP contribution in [0.1, 0.15) is 34.4 Å². The first-order valence-corrected chi connectivity index (χ1v) is 13.4. The Hall–Kier alpha value is -3.58. The second-order valence-electron chi connectivity index (χ2n) is 9.06. The zero-order valence-corrected chi connectivity index (χ0v) is 23.5. The second kappa shape index (κ2) is 13.2.